The van der Waals surface area contributed by atoms with Crippen LogP contribution in [0.2, 0.25) is 0 Å². The first-order chi connectivity index (χ1) is 18.0. The predicted molar refractivity (Wildman–Crippen MR) is 139 cm³/mol. The number of fused-ring (bicyclic) bond motifs is 2. The van der Waals surface area contributed by atoms with E-state index in [1.807, 2.05) is 18.2 Å². The Bertz CT molecular complexity index is 1720. The number of aromatic nitrogens is 5. The lowest BCUT2D eigenvalue weighted by Crippen LogP contribution is -2.07. The SMILES string of the molecule is O=Cc1ccc(Nc2nc(Nc3ccc4c(c3)CC(=O)C4)nc(Nc3ccc4[nH]c(=O)[nH]c4c3)n2)cc1. The van der Waals surface area contributed by atoms with Crippen LogP contribution in [0.5, 0.6) is 0 Å². The fraction of sp³-hybridized carbons (Fsp3) is 0.0769. The van der Waals surface area contributed by atoms with Crippen LogP contribution in [-0.2, 0) is 17.6 Å². The minimum atomic E-state index is -0.290. The molecule has 0 spiro atoms. The normalized spacial score (nSPS) is 12.4. The van der Waals surface area contributed by atoms with Crippen molar-refractivity contribution >= 4 is 58.0 Å². The number of carbonyl (C=O) groups excluding carboxylic acids is 2. The molecule has 1 aliphatic rings. The van der Waals surface area contributed by atoms with Gasteiger partial charge in [-0.25, -0.2) is 4.79 Å². The maximum Gasteiger partial charge on any atom is 0.323 e. The maximum absolute atomic E-state index is 11.8. The van der Waals surface area contributed by atoms with Crippen molar-refractivity contribution in [2.45, 2.75) is 12.8 Å². The third-order valence-corrected chi connectivity index (χ3v) is 5.95. The van der Waals surface area contributed by atoms with E-state index in [-0.39, 0.29) is 29.3 Å². The number of anilines is 6. The summed E-state index contributed by atoms with van der Waals surface area (Å²) >= 11 is 0. The molecule has 37 heavy (non-hydrogen) atoms. The van der Waals surface area contributed by atoms with Crippen LogP contribution in [0.25, 0.3) is 11.0 Å². The maximum atomic E-state index is 11.8. The van der Waals surface area contributed by atoms with Crippen LogP contribution >= 0.6 is 0 Å². The summed E-state index contributed by atoms with van der Waals surface area (Å²) in [6, 6.07) is 18.0. The Morgan fingerprint density at radius 2 is 1.22 bits per heavy atom. The zero-order valence-corrected chi connectivity index (χ0v) is 19.3. The molecule has 5 aromatic rings. The van der Waals surface area contributed by atoms with E-state index in [1.165, 1.54) is 0 Å². The summed E-state index contributed by atoms with van der Waals surface area (Å²) in [4.78, 5) is 53.3. The van der Waals surface area contributed by atoms with E-state index >= 15 is 0 Å². The Kier molecular flexibility index (Phi) is 5.41. The van der Waals surface area contributed by atoms with Gasteiger partial charge in [0.05, 0.1) is 11.0 Å². The number of imidazole rings is 1. The minimum Gasteiger partial charge on any atom is -0.324 e. The monoisotopic (exact) mass is 492 g/mol. The van der Waals surface area contributed by atoms with Gasteiger partial charge >= 0.3 is 5.69 Å². The van der Waals surface area contributed by atoms with Crippen LogP contribution in [-0.4, -0.2) is 37.0 Å². The number of aldehydes is 1. The summed E-state index contributed by atoms with van der Waals surface area (Å²) in [5.74, 6) is 1.01. The highest BCUT2D eigenvalue weighted by Gasteiger charge is 2.18. The van der Waals surface area contributed by atoms with Crippen molar-refractivity contribution in [3.63, 3.8) is 0 Å². The van der Waals surface area contributed by atoms with Crippen LogP contribution in [0.4, 0.5) is 34.9 Å². The highest BCUT2D eigenvalue weighted by Crippen LogP contribution is 2.26. The Balaban J connectivity index is 1.32. The van der Waals surface area contributed by atoms with Crippen LogP contribution in [0.1, 0.15) is 21.5 Å². The number of aromatic amines is 2. The molecule has 0 amide bonds. The first kappa shape index (κ1) is 22.2. The Morgan fingerprint density at radius 1 is 0.649 bits per heavy atom. The Hall–Kier alpha value is -5.32. The minimum absolute atomic E-state index is 0.201. The molecule has 5 N–H and O–H groups in total. The number of hydrogen-bond donors (Lipinski definition) is 5. The zero-order chi connectivity index (χ0) is 25.4. The van der Waals surface area contributed by atoms with Gasteiger partial charge in [-0.05, 0) is 65.7 Å². The summed E-state index contributed by atoms with van der Waals surface area (Å²) in [6.45, 7) is 0. The molecule has 3 aromatic carbocycles. The topological polar surface area (TPSA) is 158 Å². The summed E-state index contributed by atoms with van der Waals surface area (Å²) < 4.78 is 0. The second-order valence-electron chi connectivity index (χ2n) is 8.64. The Labute approximate surface area is 209 Å². The van der Waals surface area contributed by atoms with Gasteiger partial charge in [0.25, 0.3) is 0 Å². The molecule has 0 saturated carbocycles. The third kappa shape index (κ3) is 4.78. The summed E-state index contributed by atoms with van der Waals surface area (Å²) in [6.07, 6.45) is 1.65. The summed E-state index contributed by atoms with van der Waals surface area (Å²) in [5.41, 5.74) is 5.72. The van der Waals surface area contributed by atoms with Gasteiger partial charge in [-0.2, -0.15) is 15.0 Å². The number of carbonyl (C=O) groups is 2. The quantitative estimate of drug-likeness (QED) is 0.213. The number of rotatable bonds is 7. The van der Waals surface area contributed by atoms with Crippen molar-refractivity contribution in [3.8, 4) is 0 Å². The second-order valence-corrected chi connectivity index (χ2v) is 8.64. The highest BCUT2D eigenvalue weighted by atomic mass is 16.1. The fourth-order valence-electron chi connectivity index (χ4n) is 4.21. The lowest BCUT2D eigenvalue weighted by molar-refractivity contribution is -0.117. The molecule has 0 bridgehead atoms. The van der Waals surface area contributed by atoms with E-state index in [4.69, 9.17) is 0 Å². The van der Waals surface area contributed by atoms with Crippen LogP contribution < -0.4 is 21.6 Å². The lowest BCUT2D eigenvalue weighted by Gasteiger charge is -2.12. The number of ketones is 1. The average molecular weight is 492 g/mol. The molecule has 0 radical (unpaired) electrons. The number of benzene rings is 3. The van der Waals surface area contributed by atoms with Crippen LogP contribution in [0.15, 0.2) is 65.5 Å². The second kappa shape index (κ2) is 9.04. The van der Waals surface area contributed by atoms with Crippen molar-refractivity contribution in [1.82, 2.24) is 24.9 Å². The van der Waals surface area contributed by atoms with Gasteiger partial charge in [0, 0.05) is 35.5 Å². The number of Topliss-reactive ketones (excluding diaryl/α,β-unsaturated/α-hetero) is 1. The molecule has 182 valence electrons. The van der Waals surface area contributed by atoms with E-state index in [0.29, 0.717) is 40.8 Å². The van der Waals surface area contributed by atoms with Crippen molar-refractivity contribution in [2.24, 2.45) is 0 Å². The number of H-pyrrole nitrogens is 2. The van der Waals surface area contributed by atoms with Gasteiger partial charge in [0.1, 0.15) is 12.1 Å². The van der Waals surface area contributed by atoms with Gasteiger partial charge in [-0.1, -0.05) is 6.07 Å². The molecule has 11 heteroatoms. The smallest absolute Gasteiger partial charge is 0.323 e. The molecule has 0 atom stereocenters. The largest absolute Gasteiger partial charge is 0.324 e. The van der Waals surface area contributed by atoms with Crippen molar-refractivity contribution in [1.29, 1.82) is 0 Å². The van der Waals surface area contributed by atoms with Gasteiger partial charge in [-0.15, -0.1) is 0 Å². The first-order valence-electron chi connectivity index (χ1n) is 11.5. The summed E-state index contributed by atoms with van der Waals surface area (Å²) in [5, 5.41) is 9.49. The van der Waals surface area contributed by atoms with E-state index in [1.54, 1.807) is 42.5 Å². The van der Waals surface area contributed by atoms with Crippen LogP contribution in [0, 0.1) is 0 Å². The fourth-order valence-corrected chi connectivity index (χ4v) is 4.21. The first-order valence-corrected chi connectivity index (χ1v) is 11.5. The molecule has 0 fully saturated rings. The number of nitrogens with zero attached hydrogens (tertiary/aromatic N) is 3. The van der Waals surface area contributed by atoms with E-state index in [0.717, 1.165) is 23.1 Å². The van der Waals surface area contributed by atoms with Gasteiger partial charge in [0.2, 0.25) is 17.8 Å². The van der Waals surface area contributed by atoms with Crippen molar-refractivity contribution < 1.29 is 9.59 Å². The summed E-state index contributed by atoms with van der Waals surface area (Å²) in [7, 11) is 0. The molecule has 6 rings (SSSR count). The van der Waals surface area contributed by atoms with Gasteiger partial charge in [-0.3, -0.25) is 9.59 Å². The highest BCUT2D eigenvalue weighted by molar-refractivity contribution is 5.88. The van der Waals surface area contributed by atoms with Gasteiger partial charge < -0.3 is 25.9 Å². The number of nitrogens with one attached hydrogen (secondary N) is 5. The van der Waals surface area contributed by atoms with E-state index in [9.17, 15) is 14.4 Å². The molecule has 0 saturated heterocycles. The molecule has 2 heterocycles. The predicted octanol–water partition coefficient (Wildman–Crippen LogP) is 3.75. The lowest BCUT2D eigenvalue weighted by atomic mass is 10.1. The van der Waals surface area contributed by atoms with E-state index in [2.05, 4.69) is 40.9 Å². The molecular weight excluding hydrogens is 472 g/mol. The van der Waals surface area contributed by atoms with Crippen LogP contribution in [0.3, 0.4) is 0 Å². The van der Waals surface area contributed by atoms with E-state index < -0.39 is 0 Å². The third-order valence-electron chi connectivity index (χ3n) is 5.95. The molecule has 0 unspecified atom stereocenters. The van der Waals surface area contributed by atoms with Crippen molar-refractivity contribution in [2.75, 3.05) is 16.0 Å². The standard InChI is InChI=1S/C26H20N8O3/c35-13-14-1-4-17(5-2-14)27-23-32-24(28-18-6-3-15-10-20(36)11-16(15)9-18)34-25(33-23)29-19-7-8-21-22(12-19)31-26(37)30-21/h1-9,12-13H,10-11H2,(H2,30,31,37)(H3,27,28,29,32,33,34). The zero-order valence-electron chi connectivity index (χ0n) is 19.3. The molecular formula is C26H20N8O3. The Morgan fingerprint density at radius 3 is 1.92 bits per heavy atom. The number of hydrogen-bond acceptors (Lipinski definition) is 9. The molecule has 11 nitrogen and oxygen atoms in total. The average Bonchev–Trinajstić information content (AvgIpc) is 3.44. The molecule has 2 aromatic heterocycles. The van der Waals surface area contributed by atoms with Gasteiger partial charge in [0.15, 0.2) is 0 Å². The molecule has 1 aliphatic carbocycles. The van der Waals surface area contributed by atoms with Crippen molar-refractivity contribution in [3.05, 3.63) is 87.8 Å². The molecule has 0 aliphatic heterocycles.